The van der Waals surface area contributed by atoms with Crippen molar-refractivity contribution in [3.63, 3.8) is 0 Å². The monoisotopic (exact) mass is 527 g/mol. The second-order valence-electron chi connectivity index (χ2n) is 9.70. The second-order valence-corrected chi connectivity index (χ2v) is 9.70. The number of carbonyl (C=O) groups is 1. The van der Waals surface area contributed by atoms with Gasteiger partial charge < -0.3 is 10.6 Å². The summed E-state index contributed by atoms with van der Waals surface area (Å²) in [4.78, 5) is 20.0. The highest BCUT2D eigenvalue weighted by Gasteiger charge is 2.47. The lowest BCUT2D eigenvalue weighted by atomic mass is 9.98. The van der Waals surface area contributed by atoms with Gasteiger partial charge in [0, 0.05) is 42.0 Å². The maximum Gasteiger partial charge on any atom is 0.230 e. The molecule has 0 spiro atoms. The summed E-state index contributed by atoms with van der Waals surface area (Å²) in [5.74, 6) is 0.690. The number of nitrogens with zero attached hydrogens (tertiary/aromatic N) is 2. The van der Waals surface area contributed by atoms with E-state index in [0.717, 1.165) is 42.6 Å². The van der Waals surface area contributed by atoms with E-state index >= 15 is 0 Å². The van der Waals surface area contributed by atoms with Crippen LogP contribution in [-0.4, -0.2) is 23.5 Å². The highest BCUT2D eigenvalue weighted by Crippen LogP contribution is 2.48. The zero-order chi connectivity index (χ0) is 24.1. The Kier molecular flexibility index (Phi) is 11.4. The van der Waals surface area contributed by atoms with Crippen LogP contribution in [0.3, 0.4) is 0 Å². The molecule has 4 rings (SSSR count). The normalized spacial score (nSPS) is 17.8. The third-order valence-electron chi connectivity index (χ3n) is 7.21. The van der Waals surface area contributed by atoms with E-state index in [4.69, 9.17) is 5.73 Å². The Morgan fingerprint density at radius 3 is 2.19 bits per heavy atom. The van der Waals surface area contributed by atoms with E-state index < -0.39 is 0 Å². The first-order valence-corrected chi connectivity index (χ1v) is 12.7. The van der Waals surface area contributed by atoms with Crippen LogP contribution >= 0.6 is 24.8 Å². The molecule has 1 aliphatic carbocycles. The third-order valence-corrected chi connectivity index (χ3v) is 7.21. The third kappa shape index (κ3) is 7.09. The van der Waals surface area contributed by atoms with Crippen molar-refractivity contribution in [3.8, 4) is 11.1 Å². The van der Waals surface area contributed by atoms with Gasteiger partial charge in [-0.3, -0.25) is 9.78 Å². The van der Waals surface area contributed by atoms with E-state index in [2.05, 4.69) is 74.3 Å². The number of aromatic nitrogens is 1. The van der Waals surface area contributed by atoms with E-state index in [1.54, 1.807) is 6.20 Å². The molecule has 1 aliphatic rings. The Labute approximate surface area is 228 Å². The number of pyridine rings is 1. The minimum absolute atomic E-state index is 0. The molecule has 2 aromatic carbocycles. The fraction of sp³-hybridized carbons (Fsp3) is 0.400. The molecule has 4 unspecified atom stereocenters. The summed E-state index contributed by atoms with van der Waals surface area (Å²) in [5, 5.41) is 0. The van der Waals surface area contributed by atoms with Crippen LogP contribution < -0.4 is 10.6 Å². The standard InChI is InChI=1S/C30H37N3O.2ClH/c1-4-8-22-10-12-23(13-11-22)24-14-16-25(17-15-24)33(20-28(31)21(3)5-2)30(34)27-19-26(27)29-9-6-7-18-32-29;;/h6-7,9-18,21,26-28H,4-5,8,19-20,31H2,1-3H3;2*1H. The van der Waals surface area contributed by atoms with Crippen LogP contribution in [0.2, 0.25) is 0 Å². The van der Waals surface area contributed by atoms with Crippen LogP contribution in [0.15, 0.2) is 72.9 Å². The van der Waals surface area contributed by atoms with Gasteiger partial charge >= 0.3 is 0 Å². The fourth-order valence-electron chi connectivity index (χ4n) is 4.59. The van der Waals surface area contributed by atoms with E-state index in [1.807, 2.05) is 23.1 Å². The number of hydrogen-bond acceptors (Lipinski definition) is 3. The van der Waals surface area contributed by atoms with Gasteiger partial charge in [0.05, 0.1) is 0 Å². The smallest absolute Gasteiger partial charge is 0.230 e. The lowest BCUT2D eigenvalue weighted by molar-refractivity contribution is -0.120. The maximum atomic E-state index is 13.6. The van der Waals surface area contributed by atoms with Gasteiger partial charge in [-0.2, -0.15) is 0 Å². The van der Waals surface area contributed by atoms with Gasteiger partial charge in [0.15, 0.2) is 0 Å². The summed E-state index contributed by atoms with van der Waals surface area (Å²) < 4.78 is 0. The summed E-state index contributed by atoms with van der Waals surface area (Å²) in [6.07, 6.45) is 5.91. The van der Waals surface area contributed by atoms with Gasteiger partial charge in [0.1, 0.15) is 0 Å². The summed E-state index contributed by atoms with van der Waals surface area (Å²) in [6.45, 7) is 7.04. The largest absolute Gasteiger partial charge is 0.326 e. The van der Waals surface area contributed by atoms with Gasteiger partial charge in [-0.05, 0) is 59.7 Å². The molecule has 36 heavy (non-hydrogen) atoms. The molecule has 2 N–H and O–H groups in total. The molecule has 6 heteroatoms. The Bertz CT molecular complexity index is 1070. The van der Waals surface area contributed by atoms with Gasteiger partial charge in [-0.25, -0.2) is 0 Å². The molecule has 1 aromatic heterocycles. The lowest BCUT2D eigenvalue weighted by Gasteiger charge is -2.29. The maximum absolute atomic E-state index is 13.6. The molecule has 3 aromatic rings. The van der Waals surface area contributed by atoms with Gasteiger partial charge in [0.2, 0.25) is 5.91 Å². The first kappa shape index (κ1) is 29.8. The van der Waals surface area contributed by atoms with Crippen molar-refractivity contribution < 1.29 is 4.79 Å². The molecule has 1 amide bonds. The molecule has 1 saturated carbocycles. The van der Waals surface area contributed by atoms with Crippen molar-refractivity contribution >= 4 is 36.4 Å². The molecule has 0 radical (unpaired) electrons. The minimum Gasteiger partial charge on any atom is -0.326 e. The molecule has 0 aliphatic heterocycles. The number of anilines is 1. The first-order chi connectivity index (χ1) is 16.5. The Morgan fingerprint density at radius 1 is 1.00 bits per heavy atom. The highest BCUT2D eigenvalue weighted by molar-refractivity contribution is 5.97. The van der Waals surface area contributed by atoms with Crippen molar-refractivity contribution in [2.24, 2.45) is 17.6 Å². The van der Waals surface area contributed by atoms with Crippen LogP contribution in [-0.2, 0) is 11.2 Å². The van der Waals surface area contributed by atoms with E-state index in [0.29, 0.717) is 12.5 Å². The van der Waals surface area contributed by atoms with E-state index in [-0.39, 0.29) is 48.6 Å². The molecule has 194 valence electrons. The Hall–Kier alpha value is -2.40. The number of amides is 1. The summed E-state index contributed by atoms with van der Waals surface area (Å²) in [7, 11) is 0. The molecule has 4 atom stereocenters. The molecular weight excluding hydrogens is 489 g/mol. The SMILES string of the molecule is CCCc1ccc(-c2ccc(N(CC(N)C(C)CC)C(=O)C3CC3c3ccccn3)cc2)cc1.Cl.Cl. The number of carbonyl (C=O) groups excluding carboxylic acids is 1. The predicted molar refractivity (Wildman–Crippen MR) is 155 cm³/mol. The average molecular weight is 529 g/mol. The van der Waals surface area contributed by atoms with Crippen molar-refractivity contribution in [3.05, 3.63) is 84.2 Å². The van der Waals surface area contributed by atoms with Gasteiger partial charge in [-0.1, -0.05) is 76.1 Å². The van der Waals surface area contributed by atoms with Crippen molar-refractivity contribution in [1.29, 1.82) is 0 Å². The Balaban J connectivity index is 0.00000228. The number of hydrogen-bond donors (Lipinski definition) is 1. The Morgan fingerprint density at radius 2 is 1.64 bits per heavy atom. The number of rotatable bonds is 10. The van der Waals surface area contributed by atoms with Crippen LogP contribution in [0, 0.1) is 11.8 Å². The molecule has 0 bridgehead atoms. The van der Waals surface area contributed by atoms with Crippen molar-refractivity contribution in [1.82, 2.24) is 4.98 Å². The number of halogens is 2. The van der Waals surface area contributed by atoms with E-state index in [9.17, 15) is 4.79 Å². The number of nitrogens with two attached hydrogens (primary N) is 1. The molecule has 4 nitrogen and oxygen atoms in total. The minimum atomic E-state index is -0.0632. The fourth-order valence-corrected chi connectivity index (χ4v) is 4.59. The molecular formula is C30H39Cl2N3O. The van der Waals surface area contributed by atoms with Crippen LogP contribution in [0.4, 0.5) is 5.69 Å². The molecule has 0 saturated heterocycles. The van der Waals surface area contributed by atoms with Gasteiger partial charge in [-0.15, -0.1) is 24.8 Å². The van der Waals surface area contributed by atoms with Crippen LogP contribution in [0.1, 0.15) is 57.2 Å². The average Bonchev–Trinajstić information content (AvgIpc) is 3.69. The zero-order valence-corrected chi connectivity index (χ0v) is 23.1. The van der Waals surface area contributed by atoms with Gasteiger partial charge in [0.25, 0.3) is 0 Å². The lowest BCUT2D eigenvalue weighted by Crippen LogP contribution is -2.45. The zero-order valence-electron chi connectivity index (χ0n) is 21.5. The topological polar surface area (TPSA) is 59.2 Å². The van der Waals surface area contributed by atoms with Crippen LogP contribution in [0.25, 0.3) is 11.1 Å². The quantitative estimate of drug-likeness (QED) is 0.307. The number of aryl methyl sites for hydroxylation is 1. The predicted octanol–water partition coefficient (Wildman–Crippen LogP) is 7.05. The molecule has 1 heterocycles. The first-order valence-electron chi connectivity index (χ1n) is 12.7. The van der Waals surface area contributed by atoms with Crippen molar-refractivity contribution in [2.45, 2.75) is 58.4 Å². The summed E-state index contributed by atoms with van der Waals surface area (Å²) in [5.41, 5.74) is 12.2. The second kappa shape index (κ2) is 13.8. The number of benzene rings is 2. The summed E-state index contributed by atoms with van der Waals surface area (Å²) in [6, 6.07) is 23.0. The molecule has 1 fully saturated rings. The van der Waals surface area contributed by atoms with Crippen molar-refractivity contribution in [2.75, 3.05) is 11.4 Å². The van der Waals surface area contributed by atoms with Crippen LogP contribution in [0.5, 0.6) is 0 Å². The van der Waals surface area contributed by atoms with E-state index in [1.165, 1.54) is 11.1 Å². The summed E-state index contributed by atoms with van der Waals surface area (Å²) >= 11 is 0. The highest BCUT2D eigenvalue weighted by atomic mass is 35.5.